The summed E-state index contributed by atoms with van der Waals surface area (Å²) >= 11 is 7.58. The van der Waals surface area contributed by atoms with Crippen molar-refractivity contribution in [3.8, 4) is 0 Å². The third-order valence-electron chi connectivity index (χ3n) is 5.43. The van der Waals surface area contributed by atoms with Crippen LogP contribution in [0.3, 0.4) is 0 Å². The van der Waals surface area contributed by atoms with Crippen LogP contribution in [0.2, 0.25) is 5.02 Å². The Morgan fingerprint density at radius 3 is 2.83 bits per heavy atom. The monoisotopic (exact) mass is 436 g/mol. The Kier molecular flexibility index (Phi) is 6.18. The minimum absolute atomic E-state index is 0.0386. The maximum absolute atomic E-state index is 13.2. The first-order chi connectivity index (χ1) is 14.0. The van der Waals surface area contributed by atoms with Gasteiger partial charge in [0.1, 0.15) is 5.82 Å². The molecule has 1 saturated heterocycles. The largest absolute Gasteiger partial charge is 0.378 e. The van der Waals surface area contributed by atoms with E-state index in [4.69, 9.17) is 16.3 Å². The number of halogens is 2. The minimum atomic E-state index is -0.398. The zero-order valence-electron chi connectivity index (χ0n) is 15.9. The summed E-state index contributed by atoms with van der Waals surface area (Å²) in [5, 5.41) is 3.22. The molecule has 29 heavy (non-hydrogen) atoms. The van der Waals surface area contributed by atoms with Crippen LogP contribution in [0.1, 0.15) is 32.1 Å². The Morgan fingerprint density at radius 1 is 1.28 bits per heavy atom. The number of ether oxygens (including phenoxy) is 1. The normalized spacial score (nSPS) is 19.0. The van der Waals surface area contributed by atoms with E-state index in [-0.39, 0.29) is 24.3 Å². The van der Waals surface area contributed by atoms with E-state index in [1.54, 1.807) is 17.4 Å². The molecule has 8 heteroatoms. The summed E-state index contributed by atoms with van der Waals surface area (Å²) in [5.41, 5.74) is 1.78. The maximum Gasteiger partial charge on any atom is 0.264 e. The molecule has 0 bridgehead atoms. The Bertz CT molecular complexity index is 927. The van der Waals surface area contributed by atoms with Crippen LogP contribution in [-0.4, -0.2) is 43.0 Å². The van der Waals surface area contributed by atoms with Crippen molar-refractivity contribution in [2.45, 2.75) is 25.8 Å². The molecule has 0 unspecified atom stereocenters. The van der Waals surface area contributed by atoms with Crippen molar-refractivity contribution >= 4 is 34.8 Å². The molecule has 0 spiro atoms. The molecule has 0 saturated carbocycles. The number of carbonyl (C=O) groups excluding carboxylic acids is 2. The highest BCUT2D eigenvalue weighted by molar-refractivity contribution is 7.14. The molecule has 1 atom stereocenters. The van der Waals surface area contributed by atoms with Crippen LogP contribution in [0.25, 0.3) is 0 Å². The predicted molar refractivity (Wildman–Crippen MR) is 110 cm³/mol. The molecule has 2 aliphatic rings. The molecule has 5 nitrogen and oxygen atoms in total. The molecule has 154 valence electrons. The summed E-state index contributed by atoms with van der Waals surface area (Å²) in [6.45, 7) is 2.68. The zero-order valence-corrected chi connectivity index (χ0v) is 17.5. The van der Waals surface area contributed by atoms with Crippen LogP contribution in [0.5, 0.6) is 0 Å². The van der Waals surface area contributed by atoms with Crippen molar-refractivity contribution in [1.29, 1.82) is 0 Å². The molecule has 2 amide bonds. The minimum Gasteiger partial charge on any atom is -0.378 e. The number of nitrogens with one attached hydrogen (secondary N) is 1. The Labute approximate surface area is 177 Å². The highest BCUT2D eigenvalue weighted by atomic mass is 35.5. The van der Waals surface area contributed by atoms with E-state index in [1.807, 2.05) is 11.0 Å². The van der Waals surface area contributed by atoms with Gasteiger partial charge in [-0.3, -0.25) is 9.59 Å². The fourth-order valence-electron chi connectivity index (χ4n) is 3.77. The van der Waals surface area contributed by atoms with E-state index < -0.39 is 5.82 Å². The SMILES string of the molecule is O=C(NCc1ccc(F)cc1Cl)[C@@H]1CCc2sc(C(=O)N3CCOCC3)cc2C1. The number of rotatable bonds is 4. The lowest BCUT2D eigenvalue weighted by Gasteiger charge is -2.26. The molecule has 4 rings (SSSR count). The van der Waals surface area contributed by atoms with Crippen LogP contribution in [-0.2, 0) is 28.9 Å². The van der Waals surface area contributed by atoms with Gasteiger partial charge in [0.2, 0.25) is 5.91 Å². The molecule has 1 aromatic carbocycles. The van der Waals surface area contributed by atoms with E-state index in [0.29, 0.717) is 43.3 Å². The summed E-state index contributed by atoms with van der Waals surface area (Å²) < 4.78 is 18.5. The number of hydrogen-bond acceptors (Lipinski definition) is 4. The number of hydrogen-bond donors (Lipinski definition) is 1. The molecule has 1 aromatic heterocycles. The van der Waals surface area contributed by atoms with Gasteiger partial charge in [0.25, 0.3) is 5.91 Å². The fraction of sp³-hybridized carbons (Fsp3) is 0.429. The topological polar surface area (TPSA) is 58.6 Å². The number of nitrogens with zero attached hydrogens (tertiary/aromatic N) is 1. The number of amides is 2. The third kappa shape index (κ3) is 4.63. The van der Waals surface area contributed by atoms with E-state index in [9.17, 15) is 14.0 Å². The lowest BCUT2D eigenvalue weighted by molar-refractivity contribution is -0.125. The fourth-order valence-corrected chi connectivity index (χ4v) is 5.18. The van der Waals surface area contributed by atoms with Gasteiger partial charge < -0.3 is 15.0 Å². The zero-order chi connectivity index (χ0) is 20.4. The Balaban J connectivity index is 1.37. The number of benzene rings is 1. The van der Waals surface area contributed by atoms with Crippen molar-refractivity contribution < 1.29 is 18.7 Å². The van der Waals surface area contributed by atoms with Gasteiger partial charge in [-0.15, -0.1) is 11.3 Å². The van der Waals surface area contributed by atoms with Crippen molar-refractivity contribution in [3.63, 3.8) is 0 Å². The van der Waals surface area contributed by atoms with Gasteiger partial charge in [-0.2, -0.15) is 0 Å². The molecular formula is C21H22ClFN2O3S. The summed E-state index contributed by atoms with van der Waals surface area (Å²) in [7, 11) is 0. The molecule has 2 heterocycles. The van der Waals surface area contributed by atoms with E-state index >= 15 is 0 Å². The van der Waals surface area contributed by atoms with Crippen LogP contribution < -0.4 is 5.32 Å². The number of fused-ring (bicyclic) bond motifs is 1. The molecular weight excluding hydrogens is 415 g/mol. The average Bonchev–Trinajstić information content (AvgIpc) is 3.16. The Morgan fingerprint density at radius 2 is 2.07 bits per heavy atom. The number of thiophene rings is 1. The molecule has 1 fully saturated rings. The Hall–Kier alpha value is -1.96. The molecule has 0 radical (unpaired) electrons. The second-order valence-corrected chi connectivity index (χ2v) is 8.90. The van der Waals surface area contributed by atoms with Gasteiger partial charge in [-0.05, 0) is 48.6 Å². The van der Waals surface area contributed by atoms with Gasteiger partial charge in [-0.25, -0.2) is 4.39 Å². The van der Waals surface area contributed by atoms with Gasteiger partial charge in [0.15, 0.2) is 0 Å². The van der Waals surface area contributed by atoms with Crippen LogP contribution in [0.15, 0.2) is 24.3 Å². The van der Waals surface area contributed by atoms with Gasteiger partial charge in [0, 0.05) is 35.5 Å². The van der Waals surface area contributed by atoms with Crippen molar-refractivity contribution in [3.05, 3.63) is 56.0 Å². The summed E-state index contributed by atoms with van der Waals surface area (Å²) in [6, 6.07) is 6.11. The second kappa shape index (κ2) is 8.81. The van der Waals surface area contributed by atoms with Gasteiger partial charge in [-0.1, -0.05) is 17.7 Å². The smallest absolute Gasteiger partial charge is 0.264 e. The number of carbonyl (C=O) groups is 2. The highest BCUT2D eigenvalue weighted by Gasteiger charge is 2.29. The third-order valence-corrected chi connectivity index (χ3v) is 7.01. The average molecular weight is 437 g/mol. The quantitative estimate of drug-likeness (QED) is 0.798. The highest BCUT2D eigenvalue weighted by Crippen LogP contribution is 2.33. The van der Waals surface area contributed by atoms with E-state index in [2.05, 4.69) is 5.32 Å². The lowest BCUT2D eigenvalue weighted by atomic mass is 9.87. The van der Waals surface area contributed by atoms with Crippen LogP contribution >= 0.6 is 22.9 Å². The van der Waals surface area contributed by atoms with Crippen LogP contribution in [0.4, 0.5) is 4.39 Å². The first-order valence-electron chi connectivity index (χ1n) is 9.71. The number of aryl methyl sites for hydroxylation is 1. The van der Waals surface area contributed by atoms with Crippen LogP contribution in [0, 0.1) is 11.7 Å². The van der Waals surface area contributed by atoms with E-state index in [1.165, 1.54) is 17.0 Å². The number of morpholine rings is 1. The lowest BCUT2D eigenvalue weighted by Crippen LogP contribution is -2.40. The predicted octanol–water partition coefficient (Wildman–Crippen LogP) is 3.43. The molecule has 2 aromatic rings. The summed E-state index contributed by atoms with van der Waals surface area (Å²) in [5.74, 6) is -0.518. The molecule has 1 N–H and O–H groups in total. The van der Waals surface area contributed by atoms with Crippen molar-refractivity contribution in [1.82, 2.24) is 10.2 Å². The van der Waals surface area contributed by atoms with Gasteiger partial charge in [0.05, 0.1) is 18.1 Å². The first kappa shape index (κ1) is 20.3. The summed E-state index contributed by atoms with van der Waals surface area (Å²) in [6.07, 6.45) is 2.18. The van der Waals surface area contributed by atoms with E-state index in [0.717, 1.165) is 23.3 Å². The first-order valence-corrected chi connectivity index (χ1v) is 10.9. The second-order valence-electron chi connectivity index (χ2n) is 7.36. The summed E-state index contributed by atoms with van der Waals surface area (Å²) in [4.78, 5) is 29.1. The molecule has 1 aliphatic carbocycles. The maximum atomic E-state index is 13.2. The van der Waals surface area contributed by atoms with Crippen molar-refractivity contribution in [2.24, 2.45) is 5.92 Å². The van der Waals surface area contributed by atoms with Gasteiger partial charge >= 0.3 is 0 Å². The standard InChI is InChI=1S/C21H22ClFN2O3S/c22-17-11-16(23)3-1-14(17)12-24-20(26)13-2-4-18-15(9-13)10-19(29-18)21(27)25-5-7-28-8-6-25/h1,3,10-11,13H,2,4-9,12H2,(H,24,26)/t13-/m1/s1. The molecule has 1 aliphatic heterocycles. The van der Waals surface area contributed by atoms with Crippen molar-refractivity contribution in [2.75, 3.05) is 26.3 Å².